The second-order valence-corrected chi connectivity index (χ2v) is 5.59. The zero-order chi connectivity index (χ0) is 14.0. The number of rotatable bonds is 2. The maximum Gasteiger partial charge on any atom is 0.418 e. The summed E-state index contributed by atoms with van der Waals surface area (Å²) in [4.78, 5) is 12.1. The van der Waals surface area contributed by atoms with E-state index in [1.54, 1.807) is 10.8 Å². The maximum absolute atomic E-state index is 12.1. The van der Waals surface area contributed by atoms with E-state index in [-0.39, 0.29) is 6.09 Å². The Bertz CT molecular complexity index is 594. The summed E-state index contributed by atoms with van der Waals surface area (Å²) in [5.41, 5.74) is 1.57. The molecule has 0 saturated carbocycles. The second-order valence-electron chi connectivity index (χ2n) is 5.59. The summed E-state index contributed by atoms with van der Waals surface area (Å²) in [5.74, 6) is 0. The van der Waals surface area contributed by atoms with Gasteiger partial charge in [-0.15, -0.1) is 0 Å². The molecule has 4 heteroatoms. The minimum absolute atomic E-state index is 0.344. The molecule has 19 heavy (non-hydrogen) atoms. The molecule has 0 radical (unpaired) electrons. The lowest BCUT2D eigenvalue weighted by Gasteiger charge is -2.19. The molecular weight excluding hydrogens is 240 g/mol. The monoisotopic (exact) mass is 260 g/mol. The third-order valence-corrected chi connectivity index (χ3v) is 2.73. The first-order valence-corrected chi connectivity index (χ1v) is 6.38. The van der Waals surface area contributed by atoms with Gasteiger partial charge < -0.3 is 10.1 Å². The van der Waals surface area contributed by atoms with Gasteiger partial charge in [0, 0.05) is 18.1 Å². The summed E-state index contributed by atoms with van der Waals surface area (Å²) in [5, 5.41) is 4.15. The number of carbonyl (C=O) groups excluding carboxylic acids is 1. The number of nitrogens with one attached hydrogen (secondary N) is 1. The number of carbonyl (C=O) groups is 1. The van der Waals surface area contributed by atoms with E-state index in [1.807, 2.05) is 46.0 Å². The van der Waals surface area contributed by atoms with Crippen LogP contribution in [-0.2, 0) is 11.3 Å². The van der Waals surface area contributed by atoms with Gasteiger partial charge in [0.05, 0.1) is 5.52 Å². The summed E-state index contributed by atoms with van der Waals surface area (Å²) in [7, 11) is 1.91. The Morgan fingerprint density at radius 2 is 2.05 bits per heavy atom. The van der Waals surface area contributed by atoms with E-state index in [0.717, 1.165) is 17.4 Å². The molecule has 1 aromatic heterocycles. The van der Waals surface area contributed by atoms with Crippen LogP contribution in [0.5, 0.6) is 0 Å². The predicted octanol–water partition coefficient (Wildman–Crippen LogP) is 3.14. The Labute approximate surface area is 113 Å². The smallest absolute Gasteiger partial charge is 0.418 e. The molecule has 0 spiro atoms. The van der Waals surface area contributed by atoms with E-state index >= 15 is 0 Å². The highest BCUT2D eigenvalue weighted by Gasteiger charge is 2.18. The lowest BCUT2D eigenvalue weighted by atomic mass is 10.1. The van der Waals surface area contributed by atoms with Crippen LogP contribution in [0.1, 0.15) is 26.3 Å². The number of aromatic nitrogens is 1. The van der Waals surface area contributed by atoms with Gasteiger partial charge in [0.2, 0.25) is 0 Å². The first-order valence-electron chi connectivity index (χ1n) is 6.38. The van der Waals surface area contributed by atoms with Gasteiger partial charge >= 0.3 is 6.09 Å². The number of hydrogen-bond donors (Lipinski definition) is 1. The fourth-order valence-corrected chi connectivity index (χ4v) is 1.98. The van der Waals surface area contributed by atoms with Crippen molar-refractivity contribution in [3.8, 4) is 0 Å². The van der Waals surface area contributed by atoms with E-state index in [2.05, 4.69) is 11.4 Å². The van der Waals surface area contributed by atoms with Gasteiger partial charge in [-0.3, -0.25) is 4.57 Å². The minimum Gasteiger partial charge on any atom is -0.443 e. The molecule has 0 aliphatic carbocycles. The normalized spacial score (nSPS) is 11.8. The first kappa shape index (κ1) is 13.6. The van der Waals surface area contributed by atoms with Crippen molar-refractivity contribution >= 4 is 17.0 Å². The second kappa shape index (κ2) is 5.05. The molecule has 1 aromatic carbocycles. The lowest BCUT2D eigenvalue weighted by molar-refractivity contribution is 0.0544. The standard InChI is InChI=1S/C15H20N2O2/c1-15(2,3)19-14(18)17-8-7-12-9-11(10-16-4)5-6-13(12)17/h5-9,16H,10H2,1-4H3. The molecule has 0 amide bonds. The summed E-state index contributed by atoms with van der Waals surface area (Å²) in [6, 6.07) is 7.97. The zero-order valence-electron chi connectivity index (χ0n) is 11.9. The maximum atomic E-state index is 12.1. The largest absolute Gasteiger partial charge is 0.443 e. The van der Waals surface area contributed by atoms with Gasteiger partial charge in [0.1, 0.15) is 5.60 Å². The first-order chi connectivity index (χ1) is 8.90. The Hall–Kier alpha value is -1.81. The van der Waals surface area contributed by atoms with Gasteiger partial charge in [-0.2, -0.15) is 0 Å². The quantitative estimate of drug-likeness (QED) is 0.902. The van der Waals surface area contributed by atoms with Crippen molar-refractivity contribution in [1.82, 2.24) is 9.88 Å². The van der Waals surface area contributed by atoms with Crippen molar-refractivity contribution in [3.05, 3.63) is 36.0 Å². The van der Waals surface area contributed by atoms with E-state index in [1.165, 1.54) is 5.56 Å². The molecule has 0 aliphatic heterocycles. The van der Waals surface area contributed by atoms with Gasteiger partial charge in [0.15, 0.2) is 0 Å². The molecule has 0 aliphatic rings. The lowest BCUT2D eigenvalue weighted by Crippen LogP contribution is -2.26. The van der Waals surface area contributed by atoms with Crippen molar-refractivity contribution in [2.24, 2.45) is 0 Å². The highest BCUT2D eigenvalue weighted by molar-refractivity contribution is 5.89. The molecular formula is C15H20N2O2. The topological polar surface area (TPSA) is 43.3 Å². The summed E-state index contributed by atoms with van der Waals surface area (Å²) >= 11 is 0. The van der Waals surface area contributed by atoms with Crippen LogP contribution in [0.3, 0.4) is 0 Å². The van der Waals surface area contributed by atoms with Crippen LogP contribution in [0.2, 0.25) is 0 Å². The molecule has 0 atom stereocenters. The van der Waals surface area contributed by atoms with E-state index in [0.29, 0.717) is 0 Å². The molecule has 4 nitrogen and oxygen atoms in total. The highest BCUT2D eigenvalue weighted by atomic mass is 16.6. The number of ether oxygens (including phenoxy) is 1. The van der Waals surface area contributed by atoms with Gasteiger partial charge in [-0.25, -0.2) is 4.79 Å². The van der Waals surface area contributed by atoms with Crippen LogP contribution < -0.4 is 5.32 Å². The van der Waals surface area contributed by atoms with Crippen molar-refractivity contribution in [1.29, 1.82) is 0 Å². The molecule has 0 saturated heterocycles. The Kier molecular flexibility index (Phi) is 3.62. The van der Waals surface area contributed by atoms with Crippen molar-refractivity contribution in [2.75, 3.05) is 7.05 Å². The summed E-state index contributed by atoms with van der Waals surface area (Å²) in [6.07, 6.45) is 1.41. The van der Waals surface area contributed by atoms with Crippen molar-refractivity contribution in [2.45, 2.75) is 32.9 Å². The van der Waals surface area contributed by atoms with Gasteiger partial charge in [-0.1, -0.05) is 6.07 Å². The van der Waals surface area contributed by atoms with Crippen LogP contribution in [-0.4, -0.2) is 23.3 Å². The Morgan fingerprint density at radius 3 is 2.68 bits per heavy atom. The molecule has 102 valence electrons. The van der Waals surface area contributed by atoms with Crippen LogP contribution >= 0.6 is 0 Å². The van der Waals surface area contributed by atoms with E-state index in [4.69, 9.17) is 4.74 Å². The third kappa shape index (κ3) is 3.15. The highest BCUT2D eigenvalue weighted by Crippen LogP contribution is 2.19. The minimum atomic E-state index is -0.486. The van der Waals surface area contributed by atoms with Crippen LogP contribution in [0.15, 0.2) is 30.5 Å². The SMILES string of the molecule is CNCc1ccc2c(ccn2C(=O)OC(C)(C)C)c1. The molecule has 1 N–H and O–H groups in total. The van der Waals surface area contributed by atoms with E-state index in [9.17, 15) is 4.79 Å². The fourth-order valence-electron chi connectivity index (χ4n) is 1.98. The van der Waals surface area contributed by atoms with Crippen LogP contribution in [0.4, 0.5) is 4.79 Å². The number of benzene rings is 1. The number of hydrogen-bond acceptors (Lipinski definition) is 3. The summed E-state index contributed by atoms with van der Waals surface area (Å²) < 4.78 is 6.92. The molecule has 0 bridgehead atoms. The number of nitrogens with zero attached hydrogens (tertiary/aromatic N) is 1. The molecule has 1 heterocycles. The van der Waals surface area contributed by atoms with Crippen LogP contribution in [0.25, 0.3) is 10.9 Å². The van der Waals surface area contributed by atoms with Crippen molar-refractivity contribution < 1.29 is 9.53 Å². The van der Waals surface area contributed by atoms with Gasteiger partial charge in [0.25, 0.3) is 0 Å². The van der Waals surface area contributed by atoms with E-state index < -0.39 is 5.60 Å². The Balaban J connectivity index is 2.33. The molecule has 2 aromatic rings. The fraction of sp³-hybridized carbons (Fsp3) is 0.400. The molecule has 0 unspecified atom stereocenters. The number of fused-ring (bicyclic) bond motifs is 1. The van der Waals surface area contributed by atoms with Crippen LogP contribution in [0, 0.1) is 0 Å². The van der Waals surface area contributed by atoms with Gasteiger partial charge in [-0.05, 0) is 51.6 Å². The van der Waals surface area contributed by atoms with Crippen molar-refractivity contribution in [3.63, 3.8) is 0 Å². The average Bonchev–Trinajstić information content (AvgIpc) is 2.70. The molecule has 2 rings (SSSR count). The third-order valence-electron chi connectivity index (χ3n) is 2.73. The predicted molar refractivity (Wildman–Crippen MR) is 76.3 cm³/mol. The molecule has 0 fully saturated rings. The average molecular weight is 260 g/mol. The zero-order valence-corrected chi connectivity index (χ0v) is 11.9. The summed E-state index contributed by atoms with van der Waals surface area (Å²) in [6.45, 7) is 6.40. The Morgan fingerprint density at radius 1 is 1.32 bits per heavy atom.